The summed E-state index contributed by atoms with van der Waals surface area (Å²) in [5, 5.41) is 0. The molecule has 1 amide bonds. The van der Waals surface area contributed by atoms with Crippen LogP contribution in [0.25, 0.3) is 0 Å². The molecule has 2 N–H and O–H groups in total. The van der Waals surface area contributed by atoms with Gasteiger partial charge in [0, 0.05) is 25.0 Å². The second-order valence-electron chi connectivity index (χ2n) is 3.87. The summed E-state index contributed by atoms with van der Waals surface area (Å²) < 4.78 is 0. The van der Waals surface area contributed by atoms with Crippen molar-refractivity contribution in [3.63, 3.8) is 0 Å². The fourth-order valence-electron chi connectivity index (χ4n) is 1.78. The van der Waals surface area contributed by atoms with E-state index in [0.717, 1.165) is 17.9 Å². The molecule has 0 aromatic carbocycles. The molecule has 5 heteroatoms. The Kier molecular flexibility index (Phi) is 3.33. The van der Waals surface area contributed by atoms with Crippen molar-refractivity contribution in [3.05, 3.63) is 23.9 Å². The minimum Gasteiger partial charge on any atom is -0.383 e. The first kappa shape index (κ1) is 11.3. The first-order valence-electron chi connectivity index (χ1n) is 5.25. The van der Waals surface area contributed by atoms with Crippen LogP contribution in [0.15, 0.2) is 18.3 Å². The second-order valence-corrected chi connectivity index (χ2v) is 5.02. The maximum atomic E-state index is 12.1. The predicted molar refractivity (Wildman–Crippen MR) is 66.5 cm³/mol. The summed E-state index contributed by atoms with van der Waals surface area (Å²) in [6.07, 6.45) is 2.66. The Morgan fingerprint density at radius 3 is 3.12 bits per heavy atom. The van der Waals surface area contributed by atoms with Gasteiger partial charge in [-0.2, -0.15) is 11.8 Å². The molecule has 0 saturated carbocycles. The van der Waals surface area contributed by atoms with Crippen molar-refractivity contribution in [2.24, 2.45) is 0 Å². The van der Waals surface area contributed by atoms with Gasteiger partial charge in [0.05, 0.1) is 5.56 Å². The maximum Gasteiger partial charge on any atom is 0.257 e. The smallest absolute Gasteiger partial charge is 0.257 e. The van der Waals surface area contributed by atoms with Gasteiger partial charge in [-0.25, -0.2) is 4.98 Å². The van der Waals surface area contributed by atoms with E-state index in [-0.39, 0.29) is 5.91 Å². The van der Waals surface area contributed by atoms with E-state index < -0.39 is 0 Å². The van der Waals surface area contributed by atoms with Gasteiger partial charge in [0.1, 0.15) is 5.82 Å². The number of nitrogen functional groups attached to an aromatic ring is 1. The van der Waals surface area contributed by atoms with Crippen LogP contribution in [0.3, 0.4) is 0 Å². The van der Waals surface area contributed by atoms with Gasteiger partial charge >= 0.3 is 0 Å². The van der Waals surface area contributed by atoms with Crippen molar-refractivity contribution < 1.29 is 4.79 Å². The average molecular weight is 237 g/mol. The number of hydrogen-bond acceptors (Lipinski definition) is 4. The molecule has 1 aromatic heterocycles. The molecular formula is C11H15N3OS. The van der Waals surface area contributed by atoms with Crippen LogP contribution in [0.1, 0.15) is 16.8 Å². The van der Waals surface area contributed by atoms with Crippen molar-refractivity contribution in [1.82, 2.24) is 9.88 Å². The van der Waals surface area contributed by atoms with E-state index in [2.05, 4.69) is 4.98 Å². The molecule has 1 aromatic rings. The lowest BCUT2D eigenvalue weighted by Crippen LogP contribution is -2.37. The Morgan fingerprint density at radius 1 is 1.69 bits per heavy atom. The Balaban J connectivity index is 2.15. The van der Waals surface area contributed by atoms with E-state index in [1.165, 1.54) is 0 Å². The van der Waals surface area contributed by atoms with Gasteiger partial charge in [0.15, 0.2) is 0 Å². The third-order valence-electron chi connectivity index (χ3n) is 2.84. The molecule has 0 aliphatic carbocycles. The number of anilines is 1. The molecule has 0 spiro atoms. The van der Waals surface area contributed by atoms with E-state index in [0.29, 0.717) is 17.4 Å². The molecule has 4 nitrogen and oxygen atoms in total. The molecule has 0 radical (unpaired) electrons. The van der Waals surface area contributed by atoms with Gasteiger partial charge < -0.3 is 10.6 Å². The van der Waals surface area contributed by atoms with Crippen LogP contribution in [-0.2, 0) is 0 Å². The minimum atomic E-state index is -0.0295. The quantitative estimate of drug-likeness (QED) is 0.840. The largest absolute Gasteiger partial charge is 0.383 e. The van der Waals surface area contributed by atoms with E-state index in [1.807, 2.05) is 18.8 Å². The highest BCUT2D eigenvalue weighted by Gasteiger charge is 2.25. The summed E-state index contributed by atoms with van der Waals surface area (Å²) in [5.74, 6) is 2.43. The first-order valence-corrected chi connectivity index (χ1v) is 6.41. The number of nitrogens with two attached hydrogens (primary N) is 1. The molecule has 1 aliphatic rings. The van der Waals surface area contributed by atoms with E-state index in [9.17, 15) is 4.79 Å². The lowest BCUT2D eigenvalue weighted by Gasteiger charge is -2.24. The van der Waals surface area contributed by atoms with Gasteiger partial charge in [-0.3, -0.25) is 4.79 Å². The number of carbonyl (C=O) groups excluding carboxylic acids is 1. The summed E-state index contributed by atoms with van der Waals surface area (Å²) in [6, 6.07) is 3.79. The molecule has 1 saturated heterocycles. The van der Waals surface area contributed by atoms with Crippen LogP contribution in [0.5, 0.6) is 0 Å². The summed E-state index contributed by atoms with van der Waals surface area (Å²) >= 11 is 1.89. The summed E-state index contributed by atoms with van der Waals surface area (Å²) in [5.41, 5.74) is 6.20. The van der Waals surface area contributed by atoms with Crippen molar-refractivity contribution in [1.29, 1.82) is 0 Å². The fraction of sp³-hybridized carbons (Fsp3) is 0.455. The standard InChI is InChI=1S/C11H15N3OS/c1-14(8-4-6-16-7-8)11(15)9-3-2-5-13-10(9)12/h2-3,5,8H,4,6-7H2,1H3,(H2,12,13). The third-order valence-corrected chi connectivity index (χ3v) is 3.99. The summed E-state index contributed by atoms with van der Waals surface area (Å²) in [6.45, 7) is 0. The van der Waals surface area contributed by atoms with Crippen LogP contribution >= 0.6 is 11.8 Å². The number of rotatable bonds is 2. The number of hydrogen-bond donors (Lipinski definition) is 1. The number of aromatic nitrogens is 1. The SMILES string of the molecule is CN(C(=O)c1cccnc1N)C1CCSC1. The normalized spacial score (nSPS) is 19.7. The van der Waals surface area contributed by atoms with Crippen LogP contribution in [0, 0.1) is 0 Å². The van der Waals surface area contributed by atoms with Crippen molar-refractivity contribution >= 4 is 23.5 Å². The second kappa shape index (κ2) is 4.74. The molecule has 0 bridgehead atoms. The molecule has 1 fully saturated rings. The van der Waals surface area contributed by atoms with Gasteiger partial charge in [-0.1, -0.05) is 0 Å². The summed E-state index contributed by atoms with van der Waals surface area (Å²) in [4.78, 5) is 17.9. The zero-order valence-corrected chi connectivity index (χ0v) is 10.0. The average Bonchev–Trinajstić information content (AvgIpc) is 2.81. The highest BCUT2D eigenvalue weighted by atomic mass is 32.2. The maximum absolute atomic E-state index is 12.1. The molecular weight excluding hydrogens is 222 g/mol. The third kappa shape index (κ3) is 2.14. The highest BCUT2D eigenvalue weighted by Crippen LogP contribution is 2.23. The molecule has 2 rings (SSSR count). The lowest BCUT2D eigenvalue weighted by atomic mass is 10.2. The van der Waals surface area contributed by atoms with Crippen LogP contribution in [0.4, 0.5) is 5.82 Å². The van der Waals surface area contributed by atoms with Gasteiger partial charge in [0.25, 0.3) is 5.91 Å². The van der Waals surface area contributed by atoms with Gasteiger partial charge in [-0.15, -0.1) is 0 Å². The number of amides is 1. The molecule has 1 aliphatic heterocycles. The zero-order chi connectivity index (χ0) is 11.5. The number of carbonyl (C=O) groups is 1. The number of nitrogens with zero attached hydrogens (tertiary/aromatic N) is 2. The topological polar surface area (TPSA) is 59.2 Å². The monoisotopic (exact) mass is 237 g/mol. The fourth-order valence-corrected chi connectivity index (χ4v) is 3.05. The zero-order valence-electron chi connectivity index (χ0n) is 9.22. The predicted octanol–water partition coefficient (Wildman–Crippen LogP) is 1.24. The number of thioether (sulfide) groups is 1. The molecule has 86 valence electrons. The van der Waals surface area contributed by atoms with Crippen molar-refractivity contribution in [3.8, 4) is 0 Å². The molecule has 1 atom stereocenters. The molecule has 16 heavy (non-hydrogen) atoms. The summed E-state index contributed by atoms with van der Waals surface area (Å²) in [7, 11) is 1.84. The van der Waals surface area contributed by atoms with Crippen LogP contribution < -0.4 is 5.73 Å². The van der Waals surface area contributed by atoms with E-state index in [1.54, 1.807) is 23.2 Å². The highest BCUT2D eigenvalue weighted by molar-refractivity contribution is 7.99. The minimum absolute atomic E-state index is 0.0295. The first-order chi connectivity index (χ1) is 7.70. The molecule has 2 heterocycles. The Morgan fingerprint density at radius 2 is 2.50 bits per heavy atom. The molecule has 1 unspecified atom stereocenters. The van der Waals surface area contributed by atoms with E-state index >= 15 is 0 Å². The van der Waals surface area contributed by atoms with Crippen LogP contribution in [0.2, 0.25) is 0 Å². The van der Waals surface area contributed by atoms with E-state index in [4.69, 9.17) is 5.73 Å². The Hall–Kier alpha value is -1.23. The Labute approximate surface area is 99.2 Å². The lowest BCUT2D eigenvalue weighted by molar-refractivity contribution is 0.0748. The number of pyridine rings is 1. The Bertz CT molecular complexity index is 391. The van der Waals surface area contributed by atoms with Crippen molar-refractivity contribution in [2.45, 2.75) is 12.5 Å². The van der Waals surface area contributed by atoms with Crippen molar-refractivity contribution in [2.75, 3.05) is 24.3 Å². The van der Waals surface area contributed by atoms with Crippen LogP contribution in [-0.4, -0.2) is 40.4 Å². The van der Waals surface area contributed by atoms with Gasteiger partial charge in [-0.05, 0) is 24.3 Å². The van der Waals surface area contributed by atoms with Gasteiger partial charge in [0.2, 0.25) is 0 Å².